The maximum absolute atomic E-state index is 11.9. The second-order valence-electron chi connectivity index (χ2n) is 4.16. The molecule has 1 amide bonds. The van der Waals surface area contributed by atoms with Gasteiger partial charge in [0.25, 0.3) is 0 Å². The highest BCUT2D eigenvalue weighted by Gasteiger charge is 2.15. The molecule has 5 nitrogen and oxygen atoms in total. The maximum Gasteiger partial charge on any atom is 0.225 e. The van der Waals surface area contributed by atoms with Gasteiger partial charge in [-0.1, -0.05) is 36.3 Å². The summed E-state index contributed by atoms with van der Waals surface area (Å²) in [6, 6.07) is 7.29. The van der Waals surface area contributed by atoms with Crippen molar-refractivity contribution in [3.05, 3.63) is 35.4 Å². The van der Waals surface area contributed by atoms with Gasteiger partial charge in [-0.25, -0.2) is 0 Å². The molecule has 1 unspecified atom stereocenters. The summed E-state index contributed by atoms with van der Waals surface area (Å²) in [5.41, 5.74) is 7.53. The fraction of sp³-hybridized carbons (Fsp3) is 0.385. The number of oxime groups is 1. The zero-order valence-electron chi connectivity index (χ0n) is 10.7. The largest absolute Gasteiger partial charge is 0.409 e. The fourth-order valence-electron chi connectivity index (χ4n) is 1.68. The van der Waals surface area contributed by atoms with Gasteiger partial charge in [0.15, 0.2) is 5.84 Å². The Labute approximate surface area is 107 Å². The zero-order valence-corrected chi connectivity index (χ0v) is 10.7. The van der Waals surface area contributed by atoms with E-state index in [2.05, 4.69) is 10.5 Å². The molecule has 0 saturated heterocycles. The van der Waals surface area contributed by atoms with Crippen molar-refractivity contribution in [3.8, 4) is 0 Å². The molecule has 98 valence electrons. The Kier molecular flexibility index (Phi) is 5.17. The van der Waals surface area contributed by atoms with E-state index < -0.39 is 6.04 Å². The number of aryl methyl sites for hydroxylation is 1. The Morgan fingerprint density at radius 1 is 1.50 bits per heavy atom. The number of amidine groups is 1. The molecule has 0 spiro atoms. The smallest absolute Gasteiger partial charge is 0.225 e. The first kappa shape index (κ1) is 14.0. The Hall–Kier alpha value is -2.04. The van der Waals surface area contributed by atoms with Crippen molar-refractivity contribution in [3.63, 3.8) is 0 Å². The van der Waals surface area contributed by atoms with Crippen molar-refractivity contribution in [2.24, 2.45) is 10.9 Å². The lowest BCUT2D eigenvalue weighted by Crippen LogP contribution is -2.44. The Morgan fingerprint density at radius 2 is 2.17 bits per heavy atom. The first-order valence-corrected chi connectivity index (χ1v) is 5.89. The zero-order chi connectivity index (χ0) is 13.5. The van der Waals surface area contributed by atoms with Crippen LogP contribution >= 0.6 is 0 Å². The molecular weight excluding hydrogens is 230 g/mol. The average molecular weight is 249 g/mol. The SMILES string of the molecule is CCC(NC(=O)Cc1ccccc1C)/C(N)=N/O. The van der Waals surface area contributed by atoms with Crippen LogP contribution in [0, 0.1) is 6.92 Å². The molecule has 0 saturated carbocycles. The third kappa shape index (κ3) is 3.76. The normalized spacial score (nSPS) is 13.1. The minimum absolute atomic E-state index is 0.0237. The first-order valence-electron chi connectivity index (χ1n) is 5.89. The van der Waals surface area contributed by atoms with Crippen molar-refractivity contribution in [1.82, 2.24) is 5.32 Å². The van der Waals surface area contributed by atoms with Gasteiger partial charge >= 0.3 is 0 Å². The van der Waals surface area contributed by atoms with Gasteiger partial charge in [0.2, 0.25) is 5.91 Å². The number of amides is 1. The standard InChI is InChI=1S/C13H19N3O2/c1-3-11(13(14)16-18)15-12(17)8-10-7-5-4-6-9(10)2/h4-7,11,18H,3,8H2,1-2H3,(H2,14,16)(H,15,17). The molecular formula is C13H19N3O2. The molecule has 0 aliphatic carbocycles. The summed E-state index contributed by atoms with van der Waals surface area (Å²) >= 11 is 0. The first-order chi connectivity index (χ1) is 8.58. The molecule has 0 fully saturated rings. The molecule has 1 aromatic carbocycles. The van der Waals surface area contributed by atoms with Crippen LogP contribution in [0.4, 0.5) is 0 Å². The molecule has 0 radical (unpaired) electrons. The predicted molar refractivity (Wildman–Crippen MR) is 70.5 cm³/mol. The summed E-state index contributed by atoms with van der Waals surface area (Å²) in [6.45, 7) is 3.82. The molecule has 1 atom stereocenters. The molecule has 0 bridgehead atoms. The topological polar surface area (TPSA) is 87.7 Å². The summed E-state index contributed by atoms with van der Waals surface area (Å²) in [4.78, 5) is 11.9. The minimum atomic E-state index is -0.425. The lowest BCUT2D eigenvalue weighted by molar-refractivity contribution is -0.120. The van der Waals surface area contributed by atoms with E-state index in [-0.39, 0.29) is 11.7 Å². The van der Waals surface area contributed by atoms with Crippen molar-refractivity contribution >= 4 is 11.7 Å². The predicted octanol–water partition coefficient (Wildman–Crippen LogP) is 1.18. The van der Waals surface area contributed by atoms with Gasteiger partial charge in [0, 0.05) is 0 Å². The van der Waals surface area contributed by atoms with E-state index in [9.17, 15) is 4.79 Å². The van der Waals surface area contributed by atoms with Crippen LogP contribution in [0.5, 0.6) is 0 Å². The number of rotatable bonds is 5. The summed E-state index contributed by atoms with van der Waals surface area (Å²) in [7, 11) is 0. The monoisotopic (exact) mass is 249 g/mol. The van der Waals surface area contributed by atoms with Crippen LogP contribution in [-0.4, -0.2) is 23.0 Å². The van der Waals surface area contributed by atoms with Gasteiger partial charge in [-0.05, 0) is 24.5 Å². The average Bonchev–Trinajstić information content (AvgIpc) is 2.37. The summed E-state index contributed by atoms with van der Waals surface area (Å²) in [5, 5.41) is 14.3. The highest BCUT2D eigenvalue weighted by molar-refractivity contribution is 5.90. The summed E-state index contributed by atoms with van der Waals surface area (Å²) < 4.78 is 0. The lowest BCUT2D eigenvalue weighted by atomic mass is 10.1. The number of nitrogens with zero attached hydrogens (tertiary/aromatic N) is 1. The summed E-state index contributed by atoms with van der Waals surface area (Å²) in [5.74, 6) is -0.113. The Morgan fingerprint density at radius 3 is 2.72 bits per heavy atom. The molecule has 0 heterocycles. The quantitative estimate of drug-likeness (QED) is 0.317. The molecule has 1 rings (SSSR count). The van der Waals surface area contributed by atoms with E-state index in [0.29, 0.717) is 12.8 Å². The van der Waals surface area contributed by atoms with Gasteiger partial charge in [-0.15, -0.1) is 0 Å². The Bertz CT molecular complexity index is 444. The van der Waals surface area contributed by atoms with Gasteiger partial charge in [-0.3, -0.25) is 4.79 Å². The maximum atomic E-state index is 11.9. The molecule has 0 aliphatic heterocycles. The molecule has 0 aromatic heterocycles. The number of benzene rings is 1. The van der Waals surface area contributed by atoms with E-state index in [1.807, 2.05) is 38.1 Å². The van der Waals surface area contributed by atoms with Crippen molar-refractivity contribution in [1.29, 1.82) is 0 Å². The molecule has 0 aliphatic rings. The second kappa shape index (κ2) is 6.64. The number of nitrogens with two attached hydrogens (primary N) is 1. The third-order valence-corrected chi connectivity index (χ3v) is 2.83. The second-order valence-corrected chi connectivity index (χ2v) is 4.16. The molecule has 5 heteroatoms. The van der Waals surface area contributed by atoms with Crippen LogP contribution in [-0.2, 0) is 11.2 Å². The van der Waals surface area contributed by atoms with Crippen LogP contribution in [0.2, 0.25) is 0 Å². The number of hydrogen-bond donors (Lipinski definition) is 3. The number of carbonyl (C=O) groups excluding carboxylic acids is 1. The molecule has 18 heavy (non-hydrogen) atoms. The van der Waals surface area contributed by atoms with E-state index in [4.69, 9.17) is 10.9 Å². The van der Waals surface area contributed by atoms with Crippen molar-refractivity contribution in [2.45, 2.75) is 32.7 Å². The van der Waals surface area contributed by atoms with E-state index in [0.717, 1.165) is 11.1 Å². The fourth-order valence-corrected chi connectivity index (χ4v) is 1.68. The highest BCUT2D eigenvalue weighted by Crippen LogP contribution is 2.07. The van der Waals surface area contributed by atoms with Gasteiger partial charge in [0.05, 0.1) is 12.5 Å². The van der Waals surface area contributed by atoms with E-state index in [1.165, 1.54) is 0 Å². The number of hydrogen-bond acceptors (Lipinski definition) is 3. The summed E-state index contributed by atoms with van der Waals surface area (Å²) in [6.07, 6.45) is 0.872. The van der Waals surface area contributed by atoms with E-state index in [1.54, 1.807) is 0 Å². The van der Waals surface area contributed by atoms with Crippen molar-refractivity contribution in [2.75, 3.05) is 0 Å². The third-order valence-electron chi connectivity index (χ3n) is 2.83. The molecule has 4 N–H and O–H groups in total. The van der Waals surface area contributed by atoms with E-state index >= 15 is 0 Å². The number of carbonyl (C=O) groups is 1. The van der Waals surface area contributed by atoms with Crippen LogP contribution in [0.3, 0.4) is 0 Å². The van der Waals surface area contributed by atoms with Gasteiger partial charge in [-0.2, -0.15) is 0 Å². The lowest BCUT2D eigenvalue weighted by Gasteiger charge is -2.15. The van der Waals surface area contributed by atoms with Gasteiger partial charge < -0.3 is 16.3 Å². The van der Waals surface area contributed by atoms with Crippen LogP contribution in [0.15, 0.2) is 29.4 Å². The Balaban J connectivity index is 2.64. The van der Waals surface area contributed by atoms with Crippen LogP contribution < -0.4 is 11.1 Å². The highest BCUT2D eigenvalue weighted by atomic mass is 16.4. The minimum Gasteiger partial charge on any atom is -0.409 e. The van der Waals surface area contributed by atoms with Gasteiger partial charge in [0.1, 0.15) is 0 Å². The van der Waals surface area contributed by atoms with Crippen LogP contribution in [0.25, 0.3) is 0 Å². The number of nitrogens with one attached hydrogen (secondary N) is 1. The van der Waals surface area contributed by atoms with Crippen molar-refractivity contribution < 1.29 is 10.0 Å². The van der Waals surface area contributed by atoms with Crippen LogP contribution in [0.1, 0.15) is 24.5 Å². The molecule has 1 aromatic rings.